The van der Waals surface area contributed by atoms with Gasteiger partial charge in [-0.1, -0.05) is 66.0 Å². The molecule has 1 heterocycles. The van der Waals surface area contributed by atoms with Gasteiger partial charge < -0.3 is 10.0 Å². The Balaban J connectivity index is 1.15. The molecule has 4 aliphatic rings. The molecule has 2 unspecified atom stereocenters. The predicted molar refractivity (Wildman–Crippen MR) is 174 cm³/mol. The van der Waals surface area contributed by atoms with E-state index >= 15 is 0 Å². The number of allylic oxidation sites excluding steroid dienone is 1. The molecule has 0 amide bonds. The number of aliphatic hydroxyl groups excluding tert-OH is 1. The summed E-state index contributed by atoms with van der Waals surface area (Å²) in [5.41, 5.74) is 4.21. The van der Waals surface area contributed by atoms with Crippen molar-refractivity contribution in [1.82, 2.24) is 10.3 Å². The fraction of sp³-hybridized carbons (Fsp3) is 0.778. The first-order valence-corrected chi connectivity index (χ1v) is 17.1. The fourth-order valence-corrected chi connectivity index (χ4v) is 11.6. The van der Waals surface area contributed by atoms with Crippen molar-refractivity contribution in [3.05, 3.63) is 33.9 Å². The van der Waals surface area contributed by atoms with Gasteiger partial charge >= 0.3 is 5.69 Å². The average molecular weight is 607 g/mol. The second-order valence-electron chi connectivity index (χ2n) is 16.4. The highest BCUT2D eigenvalue weighted by Gasteiger charge is 2.73. The van der Waals surface area contributed by atoms with Gasteiger partial charge in [-0.3, -0.25) is 10.1 Å². The number of anilines is 1. The van der Waals surface area contributed by atoms with E-state index in [1.54, 1.807) is 11.6 Å². The van der Waals surface area contributed by atoms with Crippen molar-refractivity contribution in [2.45, 2.75) is 131 Å². The number of hydrogen-bond acceptors (Lipinski definition) is 7. The van der Waals surface area contributed by atoms with E-state index in [0.29, 0.717) is 16.8 Å². The van der Waals surface area contributed by atoms with Gasteiger partial charge in [0.25, 0.3) is 0 Å². The van der Waals surface area contributed by atoms with E-state index in [9.17, 15) is 15.2 Å². The molecule has 6 rings (SSSR count). The lowest BCUT2D eigenvalue weighted by molar-refractivity contribution is -0.383. The van der Waals surface area contributed by atoms with Gasteiger partial charge in [-0.05, 0) is 120 Å². The first kappa shape index (κ1) is 31.5. The lowest BCUT2D eigenvalue weighted by Gasteiger charge is -2.73. The number of nitro benzene ring substituents is 1. The fourth-order valence-electron chi connectivity index (χ4n) is 11.6. The number of aromatic nitrogens is 2. The largest absolute Gasteiger partial charge is 0.393 e. The van der Waals surface area contributed by atoms with Crippen molar-refractivity contribution in [2.75, 3.05) is 11.9 Å². The Bertz CT molecular complexity index is 1470. The standard InChI is InChI=1S/C36H54N4O4/c1-23(10-9-11-24(2)39(8)28-12-13-29(40(42)43)31-30(28)37-44-38-31)27-16-19-34(5)33(27,4)20-21-35(6)32(3)17-15-26(41)22-25(32)14-18-36(34,35)7/h12-14,23-24,26-27,41H,9-11,15-22H2,1-8H3/t23-,24?,26?,27-,32+,33-,34-,35-,36+/m1/s1. The number of hydrogen-bond donors (Lipinski definition) is 1. The summed E-state index contributed by atoms with van der Waals surface area (Å²) < 4.78 is 4.89. The molecule has 0 spiro atoms. The summed E-state index contributed by atoms with van der Waals surface area (Å²) in [5, 5.41) is 29.8. The van der Waals surface area contributed by atoms with Gasteiger partial charge in [-0.15, -0.1) is 0 Å². The third-order valence-electron chi connectivity index (χ3n) is 15.3. The molecule has 0 saturated heterocycles. The van der Waals surface area contributed by atoms with Crippen LogP contribution in [0.5, 0.6) is 0 Å². The number of nitrogens with zero attached hydrogens (tertiary/aromatic N) is 4. The second-order valence-corrected chi connectivity index (χ2v) is 16.4. The Morgan fingerprint density at radius 3 is 2.45 bits per heavy atom. The summed E-state index contributed by atoms with van der Waals surface area (Å²) >= 11 is 0. The Labute approximate surface area is 263 Å². The quantitative estimate of drug-likeness (QED) is 0.182. The highest BCUT2D eigenvalue weighted by atomic mass is 16.6. The minimum atomic E-state index is -0.438. The molecule has 8 nitrogen and oxygen atoms in total. The van der Waals surface area contributed by atoms with Crippen LogP contribution in [0.1, 0.15) is 119 Å². The molecule has 3 saturated carbocycles. The van der Waals surface area contributed by atoms with Crippen LogP contribution in [0.3, 0.4) is 0 Å². The summed E-state index contributed by atoms with van der Waals surface area (Å²) in [7, 11) is 2.03. The zero-order valence-electron chi connectivity index (χ0n) is 28.3. The molecule has 1 aromatic carbocycles. The molecule has 0 radical (unpaired) electrons. The molecule has 242 valence electrons. The van der Waals surface area contributed by atoms with Crippen LogP contribution in [-0.4, -0.2) is 39.5 Å². The van der Waals surface area contributed by atoms with Crippen LogP contribution < -0.4 is 4.90 Å². The number of aliphatic hydroxyl groups is 1. The summed E-state index contributed by atoms with van der Waals surface area (Å²) in [6.45, 7) is 17.9. The maximum atomic E-state index is 11.4. The van der Waals surface area contributed by atoms with E-state index in [1.807, 2.05) is 7.05 Å². The van der Waals surface area contributed by atoms with Crippen LogP contribution in [0.25, 0.3) is 11.0 Å². The zero-order chi connectivity index (χ0) is 31.9. The molecule has 0 aliphatic heterocycles. The molecule has 4 aliphatic carbocycles. The van der Waals surface area contributed by atoms with Gasteiger partial charge in [-0.25, -0.2) is 4.63 Å². The summed E-state index contributed by atoms with van der Waals surface area (Å²) in [4.78, 5) is 13.2. The molecule has 3 fully saturated rings. The third kappa shape index (κ3) is 4.10. The minimum absolute atomic E-state index is 0.0786. The van der Waals surface area contributed by atoms with E-state index in [0.717, 1.165) is 50.1 Å². The molecule has 1 N–H and O–H groups in total. The van der Waals surface area contributed by atoms with Crippen molar-refractivity contribution in [3.8, 4) is 0 Å². The van der Waals surface area contributed by atoms with Gasteiger partial charge in [0.15, 0.2) is 5.52 Å². The third-order valence-corrected chi connectivity index (χ3v) is 15.3. The van der Waals surface area contributed by atoms with Crippen LogP contribution in [-0.2, 0) is 0 Å². The molecular formula is C36H54N4O4. The number of nitro groups is 1. The molecule has 9 atom stereocenters. The van der Waals surface area contributed by atoms with Crippen molar-refractivity contribution in [1.29, 1.82) is 0 Å². The van der Waals surface area contributed by atoms with Gasteiger partial charge in [0.1, 0.15) is 0 Å². The van der Waals surface area contributed by atoms with Crippen LogP contribution >= 0.6 is 0 Å². The van der Waals surface area contributed by atoms with Crippen LogP contribution in [0.4, 0.5) is 11.4 Å². The molecule has 8 heteroatoms. The van der Waals surface area contributed by atoms with E-state index in [-0.39, 0.29) is 45.0 Å². The summed E-state index contributed by atoms with van der Waals surface area (Å²) in [6, 6.07) is 3.52. The van der Waals surface area contributed by atoms with Crippen LogP contribution in [0, 0.1) is 49.0 Å². The normalized spacial score (nSPS) is 39.6. The Morgan fingerprint density at radius 2 is 1.73 bits per heavy atom. The number of rotatable bonds is 8. The van der Waals surface area contributed by atoms with Gasteiger partial charge in [0.05, 0.1) is 16.7 Å². The van der Waals surface area contributed by atoms with Crippen molar-refractivity contribution >= 4 is 22.4 Å². The van der Waals surface area contributed by atoms with Crippen LogP contribution in [0.2, 0.25) is 0 Å². The van der Waals surface area contributed by atoms with E-state index < -0.39 is 4.92 Å². The van der Waals surface area contributed by atoms with Crippen molar-refractivity contribution in [3.63, 3.8) is 0 Å². The number of non-ortho nitro benzene ring substituents is 1. The SMILES string of the molecule is CC(CCC[C@@H](C)[C@H]1CC[C@@]2(C)[C@]3(C)CC=C4CC(O)CC[C@]4(C)[C@@]3(C)CC[C@]12C)N(C)c1ccc([N+](=O)[O-])c2nonc12. The lowest BCUT2D eigenvalue weighted by Crippen LogP contribution is -2.66. The van der Waals surface area contributed by atoms with Gasteiger partial charge in [0, 0.05) is 19.2 Å². The van der Waals surface area contributed by atoms with Crippen molar-refractivity contribution in [2.24, 2.45) is 38.9 Å². The maximum Gasteiger partial charge on any atom is 0.300 e. The minimum Gasteiger partial charge on any atom is -0.393 e. The predicted octanol–water partition coefficient (Wildman–Crippen LogP) is 8.87. The van der Waals surface area contributed by atoms with Crippen LogP contribution in [0.15, 0.2) is 28.4 Å². The van der Waals surface area contributed by atoms with E-state index in [1.165, 1.54) is 38.2 Å². The molecule has 1 aromatic heterocycles. The van der Waals surface area contributed by atoms with Gasteiger partial charge in [-0.2, -0.15) is 0 Å². The Morgan fingerprint density at radius 1 is 1.00 bits per heavy atom. The monoisotopic (exact) mass is 606 g/mol. The van der Waals surface area contributed by atoms with Crippen molar-refractivity contribution < 1.29 is 14.7 Å². The zero-order valence-corrected chi connectivity index (χ0v) is 28.3. The second kappa shape index (κ2) is 10.5. The van der Waals surface area contributed by atoms with Gasteiger partial charge in [0.2, 0.25) is 5.52 Å². The topological polar surface area (TPSA) is 106 Å². The van der Waals surface area contributed by atoms with E-state index in [2.05, 4.69) is 69.8 Å². The molecule has 0 bridgehead atoms. The first-order valence-electron chi connectivity index (χ1n) is 17.1. The first-order chi connectivity index (χ1) is 20.6. The highest BCUT2D eigenvalue weighted by Crippen LogP contribution is 2.81. The molecular weight excluding hydrogens is 552 g/mol. The summed E-state index contributed by atoms with van der Waals surface area (Å²) in [6.07, 6.45) is 15.1. The maximum absolute atomic E-state index is 11.4. The smallest absolute Gasteiger partial charge is 0.300 e. The molecule has 2 aromatic rings. The summed E-state index contributed by atoms with van der Waals surface area (Å²) in [5.74, 6) is 1.39. The average Bonchev–Trinajstić information content (AvgIpc) is 3.58. The Hall–Kier alpha value is -2.48. The molecule has 44 heavy (non-hydrogen) atoms. The van der Waals surface area contributed by atoms with E-state index in [4.69, 9.17) is 4.63 Å². The highest BCUT2D eigenvalue weighted by molar-refractivity contribution is 5.93. The lowest BCUT2D eigenvalue weighted by atomic mass is 9.31. The Kier molecular flexibility index (Phi) is 7.54. The number of benzene rings is 1. The number of fused-ring (bicyclic) bond motifs is 6.